The van der Waals surface area contributed by atoms with Crippen LogP contribution in [0.15, 0.2) is 36.4 Å². The number of carbonyl (C=O) groups is 1. The van der Waals surface area contributed by atoms with Crippen LogP contribution in [0, 0.1) is 5.82 Å². The zero-order chi connectivity index (χ0) is 18.2. The first-order chi connectivity index (χ1) is 12.1. The molecule has 1 amide bonds. The number of benzene rings is 2. The summed E-state index contributed by atoms with van der Waals surface area (Å²) in [4.78, 5) is 12.1. The zero-order valence-electron chi connectivity index (χ0n) is 14.3. The van der Waals surface area contributed by atoms with Crippen molar-refractivity contribution in [2.24, 2.45) is 0 Å². The molecule has 2 aromatic rings. The van der Waals surface area contributed by atoms with Gasteiger partial charge < -0.3 is 19.5 Å². The van der Waals surface area contributed by atoms with E-state index >= 15 is 0 Å². The van der Waals surface area contributed by atoms with E-state index in [2.05, 4.69) is 5.32 Å². The summed E-state index contributed by atoms with van der Waals surface area (Å²) in [7, 11) is 4.61. The van der Waals surface area contributed by atoms with E-state index < -0.39 is 0 Å². The molecular formula is C18H20FNO4S. The Kier molecular flexibility index (Phi) is 6.94. The van der Waals surface area contributed by atoms with Crippen LogP contribution in [0.1, 0.15) is 5.56 Å². The van der Waals surface area contributed by atoms with Gasteiger partial charge in [0.05, 0.1) is 32.8 Å². The molecule has 0 aromatic heterocycles. The number of amides is 1. The summed E-state index contributed by atoms with van der Waals surface area (Å²) in [6.45, 7) is 0. The van der Waals surface area contributed by atoms with Crippen molar-refractivity contribution in [2.45, 2.75) is 5.75 Å². The van der Waals surface area contributed by atoms with Crippen LogP contribution >= 0.6 is 11.8 Å². The molecule has 0 aliphatic rings. The summed E-state index contributed by atoms with van der Waals surface area (Å²) < 4.78 is 28.9. The highest BCUT2D eigenvalue weighted by molar-refractivity contribution is 7.99. The fraction of sp³-hybridized carbons (Fsp3) is 0.278. The van der Waals surface area contributed by atoms with Gasteiger partial charge in [-0.1, -0.05) is 0 Å². The van der Waals surface area contributed by atoms with Gasteiger partial charge in [-0.3, -0.25) is 4.79 Å². The quantitative estimate of drug-likeness (QED) is 0.773. The van der Waals surface area contributed by atoms with Crippen molar-refractivity contribution in [1.29, 1.82) is 0 Å². The van der Waals surface area contributed by atoms with Crippen LogP contribution in [-0.2, 0) is 10.5 Å². The Morgan fingerprint density at radius 1 is 1.04 bits per heavy atom. The third-order valence-corrected chi connectivity index (χ3v) is 4.40. The second-order valence-electron chi connectivity index (χ2n) is 5.06. The smallest absolute Gasteiger partial charge is 0.234 e. The van der Waals surface area contributed by atoms with E-state index in [0.29, 0.717) is 34.3 Å². The Hall–Kier alpha value is -2.41. The second-order valence-corrected chi connectivity index (χ2v) is 6.05. The van der Waals surface area contributed by atoms with E-state index in [9.17, 15) is 9.18 Å². The first-order valence-electron chi connectivity index (χ1n) is 7.49. The highest BCUT2D eigenvalue weighted by atomic mass is 32.2. The number of halogens is 1. The van der Waals surface area contributed by atoms with Gasteiger partial charge in [-0.25, -0.2) is 4.39 Å². The van der Waals surface area contributed by atoms with E-state index in [1.54, 1.807) is 31.4 Å². The van der Waals surface area contributed by atoms with Crippen LogP contribution in [0.5, 0.6) is 17.2 Å². The van der Waals surface area contributed by atoms with Crippen LogP contribution in [0.2, 0.25) is 0 Å². The number of hydrogen-bond acceptors (Lipinski definition) is 5. The molecule has 0 aliphatic heterocycles. The lowest BCUT2D eigenvalue weighted by molar-refractivity contribution is -0.113. The molecular weight excluding hydrogens is 345 g/mol. The van der Waals surface area contributed by atoms with E-state index in [1.807, 2.05) is 0 Å². The van der Waals surface area contributed by atoms with Crippen molar-refractivity contribution < 1.29 is 23.4 Å². The highest BCUT2D eigenvalue weighted by Crippen LogP contribution is 2.29. The van der Waals surface area contributed by atoms with Crippen molar-refractivity contribution >= 4 is 23.4 Å². The largest absolute Gasteiger partial charge is 0.497 e. The molecule has 0 atom stereocenters. The van der Waals surface area contributed by atoms with Gasteiger partial charge in [0, 0.05) is 17.4 Å². The lowest BCUT2D eigenvalue weighted by Crippen LogP contribution is -2.15. The standard InChI is InChI=1S/C18H20FNO4S/c1-22-14-5-6-15(17(9-14)24-3)20-18(21)11-25-10-12-8-13(19)4-7-16(12)23-2/h4-9H,10-11H2,1-3H3,(H,20,21). The minimum Gasteiger partial charge on any atom is -0.497 e. The Balaban J connectivity index is 1.92. The zero-order valence-corrected chi connectivity index (χ0v) is 15.1. The Labute approximate surface area is 150 Å². The first kappa shape index (κ1) is 18.9. The number of carbonyl (C=O) groups excluding carboxylic acids is 1. The molecule has 0 saturated heterocycles. The van der Waals surface area contributed by atoms with Crippen LogP contribution in [0.4, 0.5) is 10.1 Å². The fourth-order valence-corrected chi connectivity index (χ4v) is 3.01. The minimum absolute atomic E-state index is 0.177. The lowest BCUT2D eigenvalue weighted by atomic mass is 10.2. The van der Waals surface area contributed by atoms with Gasteiger partial charge in [0.1, 0.15) is 23.1 Å². The number of thioether (sulfide) groups is 1. The summed E-state index contributed by atoms with van der Waals surface area (Å²) in [6, 6.07) is 9.48. The van der Waals surface area contributed by atoms with Gasteiger partial charge in [-0.15, -0.1) is 11.8 Å². The van der Waals surface area contributed by atoms with Crippen LogP contribution in [-0.4, -0.2) is 33.0 Å². The lowest BCUT2D eigenvalue weighted by Gasteiger charge is -2.12. The van der Waals surface area contributed by atoms with Crippen molar-refractivity contribution in [1.82, 2.24) is 0 Å². The number of rotatable bonds is 8. The normalized spacial score (nSPS) is 10.2. The molecule has 0 bridgehead atoms. The Morgan fingerprint density at radius 2 is 1.80 bits per heavy atom. The molecule has 0 aliphatic carbocycles. The minimum atomic E-state index is -0.330. The SMILES string of the molecule is COc1ccc(NC(=O)CSCc2cc(F)ccc2OC)c(OC)c1. The maximum absolute atomic E-state index is 13.3. The molecule has 7 heteroatoms. The summed E-state index contributed by atoms with van der Waals surface area (Å²) >= 11 is 1.37. The Morgan fingerprint density at radius 3 is 2.48 bits per heavy atom. The van der Waals surface area contributed by atoms with Gasteiger partial charge in [0.2, 0.25) is 5.91 Å². The van der Waals surface area contributed by atoms with Gasteiger partial charge in [0.15, 0.2) is 0 Å². The maximum Gasteiger partial charge on any atom is 0.234 e. The van der Waals surface area contributed by atoms with Crippen molar-refractivity contribution in [3.05, 3.63) is 47.8 Å². The average molecular weight is 365 g/mol. The van der Waals surface area contributed by atoms with Crippen LogP contribution in [0.3, 0.4) is 0 Å². The molecule has 0 saturated carbocycles. The van der Waals surface area contributed by atoms with Crippen LogP contribution < -0.4 is 19.5 Å². The Bertz CT molecular complexity index is 739. The number of methoxy groups -OCH3 is 3. The third kappa shape index (κ3) is 5.29. The second kappa shape index (κ2) is 9.17. The molecule has 0 unspecified atom stereocenters. The molecule has 0 fully saturated rings. The number of anilines is 1. The maximum atomic E-state index is 13.3. The molecule has 134 valence electrons. The highest BCUT2D eigenvalue weighted by Gasteiger charge is 2.10. The average Bonchev–Trinajstić information content (AvgIpc) is 2.62. The molecule has 1 N–H and O–H groups in total. The van der Waals surface area contributed by atoms with E-state index in [1.165, 1.54) is 38.1 Å². The first-order valence-corrected chi connectivity index (χ1v) is 8.65. The summed E-state index contributed by atoms with van der Waals surface area (Å²) in [6.07, 6.45) is 0. The van der Waals surface area contributed by atoms with E-state index in [-0.39, 0.29) is 17.5 Å². The summed E-state index contributed by atoms with van der Waals surface area (Å²) in [5, 5.41) is 2.79. The fourth-order valence-electron chi connectivity index (χ4n) is 2.20. The predicted octanol–water partition coefficient (Wildman–Crippen LogP) is 3.72. The van der Waals surface area contributed by atoms with E-state index in [0.717, 1.165) is 0 Å². The van der Waals surface area contributed by atoms with Crippen molar-refractivity contribution in [2.75, 3.05) is 32.4 Å². The molecule has 5 nitrogen and oxygen atoms in total. The summed E-state index contributed by atoms with van der Waals surface area (Å²) in [5.74, 6) is 1.94. The molecule has 2 rings (SSSR count). The molecule has 2 aromatic carbocycles. The van der Waals surface area contributed by atoms with Gasteiger partial charge in [-0.05, 0) is 30.3 Å². The van der Waals surface area contributed by atoms with E-state index in [4.69, 9.17) is 14.2 Å². The monoisotopic (exact) mass is 365 g/mol. The number of hydrogen-bond donors (Lipinski definition) is 1. The van der Waals surface area contributed by atoms with Crippen molar-refractivity contribution in [3.8, 4) is 17.2 Å². The molecule has 0 radical (unpaired) electrons. The molecule has 0 heterocycles. The molecule has 25 heavy (non-hydrogen) atoms. The van der Waals surface area contributed by atoms with Crippen molar-refractivity contribution in [3.63, 3.8) is 0 Å². The van der Waals surface area contributed by atoms with Gasteiger partial charge >= 0.3 is 0 Å². The predicted molar refractivity (Wildman–Crippen MR) is 97.3 cm³/mol. The number of nitrogens with one attached hydrogen (secondary N) is 1. The van der Waals surface area contributed by atoms with Gasteiger partial charge in [0.25, 0.3) is 0 Å². The third-order valence-electron chi connectivity index (χ3n) is 3.42. The number of ether oxygens (including phenoxy) is 3. The topological polar surface area (TPSA) is 56.8 Å². The summed E-state index contributed by atoms with van der Waals surface area (Å²) in [5.41, 5.74) is 1.28. The molecule has 0 spiro atoms. The van der Waals surface area contributed by atoms with Gasteiger partial charge in [-0.2, -0.15) is 0 Å². The van der Waals surface area contributed by atoms with Crippen LogP contribution in [0.25, 0.3) is 0 Å².